The molecule has 0 aliphatic rings. The lowest BCUT2D eigenvalue weighted by Crippen LogP contribution is -2.32. The Labute approximate surface area is 105 Å². The zero-order chi connectivity index (χ0) is 12.7. The quantitative estimate of drug-likeness (QED) is 0.602. The highest BCUT2D eigenvalue weighted by molar-refractivity contribution is 6.33. The SMILES string of the molecule is C#CCON(CC#C)C(=O)c1ccccc1Cl. The Morgan fingerprint density at radius 2 is 2.06 bits per heavy atom. The molecule has 0 unspecified atom stereocenters. The number of rotatable bonds is 4. The predicted molar refractivity (Wildman–Crippen MR) is 66.1 cm³/mol. The van der Waals surface area contributed by atoms with Crippen LogP contribution in [0.15, 0.2) is 24.3 Å². The number of carbonyl (C=O) groups is 1. The van der Waals surface area contributed by atoms with Gasteiger partial charge in [0.1, 0.15) is 13.2 Å². The maximum atomic E-state index is 12.0. The highest BCUT2D eigenvalue weighted by atomic mass is 35.5. The molecule has 1 aromatic rings. The van der Waals surface area contributed by atoms with Gasteiger partial charge in [-0.1, -0.05) is 35.6 Å². The molecule has 86 valence electrons. The molecular weight excluding hydrogens is 238 g/mol. The summed E-state index contributed by atoms with van der Waals surface area (Å²) < 4.78 is 0. The molecule has 0 N–H and O–H groups in total. The Morgan fingerprint density at radius 1 is 1.35 bits per heavy atom. The minimum absolute atomic E-state index is 0.00569. The number of carbonyl (C=O) groups excluding carboxylic acids is 1. The zero-order valence-electron chi connectivity index (χ0n) is 9.02. The van der Waals surface area contributed by atoms with Crippen LogP contribution in [0, 0.1) is 24.7 Å². The number of benzene rings is 1. The summed E-state index contributed by atoms with van der Waals surface area (Å²) in [7, 11) is 0. The van der Waals surface area contributed by atoms with Gasteiger partial charge in [0.15, 0.2) is 0 Å². The molecule has 0 bridgehead atoms. The van der Waals surface area contributed by atoms with Crippen molar-refractivity contribution in [2.45, 2.75) is 0 Å². The van der Waals surface area contributed by atoms with Gasteiger partial charge >= 0.3 is 0 Å². The molecule has 1 rings (SSSR count). The molecule has 4 heteroatoms. The topological polar surface area (TPSA) is 29.5 Å². The van der Waals surface area contributed by atoms with Crippen LogP contribution < -0.4 is 0 Å². The second-order valence-corrected chi connectivity index (χ2v) is 3.41. The Bertz CT molecular complexity index is 485. The number of terminal acetylenes is 2. The highest BCUT2D eigenvalue weighted by Gasteiger charge is 2.17. The Hall–Kier alpha value is -1.94. The van der Waals surface area contributed by atoms with E-state index in [1.54, 1.807) is 24.3 Å². The van der Waals surface area contributed by atoms with E-state index >= 15 is 0 Å². The fourth-order valence-electron chi connectivity index (χ4n) is 1.14. The Morgan fingerprint density at radius 3 is 2.65 bits per heavy atom. The average molecular weight is 248 g/mol. The molecule has 1 amide bonds. The normalized spacial score (nSPS) is 9.12. The predicted octanol–water partition coefficient (Wildman–Crippen LogP) is 1.98. The molecule has 1 aromatic carbocycles. The molecule has 0 radical (unpaired) electrons. The minimum Gasteiger partial charge on any atom is -0.267 e. The Kier molecular flexibility index (Phi) is 5.10. The molecule has 17 heavy (non-hydrogen) atoms. The molecule has 0 saturated carbocycles. The maximum Gasteiger partial charge on any atom is 0.279 e. The smallest absolute Gasteiger partial charge is 0.267 e. The average Bonchev–Trinajstić information content (AvgIpc) is 2.34. The van der Waals surface area contributed by atoms with Crippen molar-refractivity contribution in [3.05, 3.63) is 34.9 Å². The third-order valence-electron chi connectivity index (χ3n) is 1.87. The molecule has 3 nitrogen and oxygen atoms in total. The van der Waals surface area contributed by atoms with Crippen molar-refractivity contribution in [1.29, 1.82) is 0 Å². The van der Waals surface area contributed by atoms with Crippen molar-refractivity contribution in [3.63, 3.8) is 0 Å². The van der Waals surface area contributed by atoms with E-state index in [0.29, 0.717) is 10.6 Å². The third-order valence-corrected chi connectivity index (χ3v) is 2.20. The van der Waals surface area contributed by atoms with Gasteiger partial charge in [-0.05, 0) is 12.1 Å². The van der Waals surface area contributed by atoms with Crippen LogP contribution in [0.4, 0.5) is 0 Å². The van der Waals surface area contributed by atoms with E-state index in [1.807, 2.05) is 0 Å². The third kappa shape index (κ3) is 3.53. The van der Waals surface area contributed by atoms with Crippen molar-refractivity contribution in [2.75, 3.05) is 13.2 Å². The van der Waals surface area contributed by atoms with Crippen molar-refractivity contribution in [1.82, 2.24) is 5.06 Å². The van der Waals surface area contributed by atoms with Gasteiger partial charge in [0, 0.05) is 0 Å². The molecule has 0 heterocycles. The summed E-state index contributed by atoms with van der Waals surface area (Å²) in [4.78, 5) is 17.1. The molecule has 0 atom stereocenters. The monoisotopic (exact) mass is 247 g/mol. The van der Waals surface area contributed by atoms with E-state index in [-0.39, 0.29) is 13.2 Å². The molecule has 0 spiro atoms. The van der Waals surface area contributed by atoms with Gasteiger partial charge < -0.3 is 0 Å². The van der Waals surface area contributed by atoms with Crippen molar-refractivity contribution in [2.24, 2.45) is 0 Å². The number of hydrogen-bond acceptors (Lipinski definition) is 2. The lowest BCUT2D eigenvalue weighted by molar-refractivity contribution is -0.101. The molecular formula is C13H10ClNO2. The van der Waals surface area contributed by atoms with Crippen LogP contribution in [0.1, 0.15) is 10.4 Å². The second kappa shape index (κ2) is 6.60. The fourth-order valence-corrected chi connectivity index (χ4v) is 1.36. The number of hydrogen-bond donors (Lipinski definition) is 0. The number of halogens is 1. The summed E-state index contributed by atoms with van der Waals surface area (Å²) in [6, 6.07) is 6.64. The molecule has 0 aliphatic heterocycles. The summed E-state index contributed by atoms with van der Waals surface area (Å²) in [6.07, 6.45) is 10.2. The summed E-state index contributed by atoms with van der Waals surface area (Å²) in [5.74, 6) is 4.16. The van der Waals surface area contributed by atoms with Gasteiger partial charge in [-0.25, -0.2) is 5.06 Å². The summed E-state index contributed by atoms with van der Waals surface area (Å²) in [5, 5.41) is 1.35. The van der Waals surface area contributed by atoms with E-state index in [4.69, 9.17) is 29.3 Å². The van der Waals surface area contributed by atoms with Crippen molar-refractivity contribution >= 4 is 17.5 Å². The maximum absolute atomic E-state index is 12.0. The number of amides is 1. The number of nitrogens with zero attached hydrogens (tertiary/aromatic N) is 1. The van der Waals surface area contributed by atoms with E-state index in [0.717, 1.165) is 5.06 Å². The first-order valence-corrected chi connectivity index (χ1v) is 5.14. The first kappa shape index (κ1) is 13.1. The van der Waals surface area contributed by atoms with Crippen LogP contribution in [-0.2, 0) is 4.84 Å². The van der Waals surface area contributed by atoms with Gasteiger partial charge in [0.05, 0.1) is 10.6 Å². The van der Waals surface area contributed by atoms with E-state index in [1.165, 1.54) is 0 Å². The highest BCUT2D eigenvalue weighted by Crippen LogP contribution is 2.17. The lowest BCUT2D eigenvalue weighted by atomic mass is 10.2. The van der Waals surface area contributed by atoms with Gasteiger partial charge in [-0.2, -0.15) is 0 Å². The van der Waals surface area contributed by atoms with Crippen LogP contribution in [-0.4, -0.2) is 24.1 Å². The molecule has 0 aliphatic carbocycles. The van der Waals surface area contributed by atoms with E-state index in [9.17, 15) is 4.79 Å². The lowest BCUT2D eigenvalue weighted by Gasteiger charge is -2.18. The zero-order valence-corrected chi connectivity index (χ0v) is 9.78. The standard InChI is InChI=1S/C13H10ClNO2/c1-3-9-15(17-10-4-2)13(16)11-7-5-6-8-12(11)14/h1-2,5-8H,9-10H2. The van der Waals surface area contributed by atoms with Gasteiger partial charge in [-0.15, -0.1) is 12.8 Å². The van der Waals surface area contributed by atoms with Crippen LogP contribution in [0.25, 0.3) is 0 Å². The van der Waals surface area contributed by atoms with Crippen LogP contribution in [0.5, 0.6) is 0 Å². The van der Waals surface area contributed by atoms with Crippen LogP contribution in [0.2, 0.25) is 5.02 Å². The first-order valence-electron chi connectivity index (χ1n) is 4.77. The van der Waals surface area contributed by atoms with E-state index < -0.39 is 5.91 Å². The minimum atomic E-state index is -0.413. The van der Waals surface area contributed by atoms with Gasteiger partial charge in [0.25, 0.3) is 5.91 Å². The van der Waals surface area contributed by atoms with E-state index in [2.05, 4.69) is 11.8 Å². The van der Waals surface area contributed by atoms with Crippen LogP contribution >= 0.6 is 11.6 Å². The summed E-state index contributed by atoms with van der Waals surface area (Å²) in [5.41, 5.74) is 0.321. The van der Waals surface area contributed by atoms with Crippen molar-refractivity contribution < 1.29 is 9.63 Å². The molecule has 0 aromatic heterocycles. The Balaban J connectivity index is 2.89. The first-order chi connectivity index (χ1) is 8.20. The summed E-state index contributed by atoms with van der Waals surface area (Å²) >= 11 is 5.90. The van der Waals surface area contributed by atoms with Crippen LogP contribution in [0.3, 0.4) is 0 Å². The molecule has 0 fully saturated rings. The van der Waals surface area contributed by atoms with Gasteiger partial charge in [-0.3, -0.25) is 9.63 Å². The largest absolute Gasteiger partial charge is 0.279 e. The second-order valence-electron chi connectivity index (χ2n) is 3.00. The molecule has 0 saturated heterocycles. The number of hydroxylamine groups is 2. The van der Waals surface area contributed by atoms with Crippen molar-refractivity contribution in [3.8, 4) is 24.7 Å². The fraction of sp³-hybridized carbons (Fsp3) is 0.154. The van der Waals surface area contributed by atoms with Gasteiger partial charge in [0.2, 0.25) is 0 Å². The summed E-state index contributed by atoms with van der Waals surface area (Å²) in [6.45, 7) is -0.0242.